The van der Waals surface area contributed by atoms with E-state index in [2.05, 4.69) is 42.2 Å². The third kappa shape index (κ3) is 17.2. The van der Waals surface area contributed by atoms with E-state index in [1.165, 1.54) is 24.3 Å². The van der Waals surface area contributed by atoms with Crippen LogP contribution in [0.1, 0.15) is 63.6 Å². The van der Waals surface area contributed by atoms with E-state index in [9.17, 15) is 58.5 Å². The van der Waals surface area contributed by atoms with Gasteiger partial charge in [-0.15, -0.1) is 0 Å². The number of carboxylic acids is 2. The van der Waals surface area contributed by atoms with Gasteiger partial charge >= 0.3 is 11.9 Å². The second-order valence-electron chi connectivity index (χ2n) is 19.0. The Hall–Kier alpha value is -7.15. The Morgan fingerprint density at radius 3 is 1.88 bits per heavy atom. The van der Waals surface area contributed by atoms with Gasteiger partial charge in [0.25, 0.3) is 0 Å². The maximum absolute atomic E-state index is 14.8. The zero-order valence-corrected chi connectivity index (χ0v) is 43.6. The standard InChI is InChI=1S/C51H66N10O12S2/c1-27(2)41(50(72)73)60-48(70)39-26-74-75-51(3,4)42(61-43(65)33(53)24-40(63)64)49(71)58-37(21-28-11-6-5-7-12-28)45(67)57-38(23-30-25-54-34-14-9-8-13-32(30)34)47(69)55-35(15-10-20-52)44(66)56-36(46(68)59-39)22-29-16-18-31(62)19-17-29/h5-9,11-14,16-19,25,27,33,35-39,41-42,54,62H,10,15,20-24,26,52-53H2,1-4H3,(H,55,69)(H,56,66)(H,57,67)(H,58,71)(H,59,68)(H,60,70)(H,61,65)(H,63,64)(H,72,73)/t33-,35?,36?,37-,38+,39-,41-,42?/m0/s1. The van der Waals surface area contributed by atoms with Crippen LogP contribution in [0.15, 0.2) is 85.1 Å². The Kier molecular flexibility index (Phi) is 21.5. The number of aromatic amines is 1. The molecule has 0 aliphatic carbocycles. The first-order valence-electron chi connectivity index (χ1n) is 24.3. The van der Waals surface area contributed by atoms with Crippen molar-refractivity contribution < 1.29 is 58.5 Å². The molecule has 1 aliphatic heterocycles. The van der Waals surface area contributed by atoms with Crippen LogP contribution in [-0.4, -0.2) is 139 Å². The second-order valence-corrected chi connectivity index (χ2v) is 22.0. The maximum atomic E-state index is 14.8. The molecule has 4 aromatic rings. The molecule has 3 aromatic carbocycles. The number of aromatic hydroxyl groups is 1. The number of aliphatic carboxylic acids is 2. The van der Waals surface area contributed by atoms with Crippen molar-refractivity contribution in [1.82, 2.24) is 42.2 Å². The summed E-state index contributed by atoms with van der Waals surface area (Å²) in [5, 5.41) is 49.0. The second kappa shape index (κ2) is 27.4. The smallest absolute Gasteiger partial charge is 0.326 e. The van der Waals surface area contributed by atoms with Crippen LogP contribution in [0.5, 0.6) is 5.75 Å². The number of aromatic nitrogens is 1. The summed E-state index contributed by atoms with van der Waals surface area (Å²) in [6, 6.07) is 9.85. The van der Waals surface area contributed by atoms with Crippen molar-refractivity contribution in [2.24, 2.45) is 17.4 Å². The Morgan fingerprint density at radius 2 is 1.28 bits per heavy atom. The van der Waals surface area contributed by atoms with Gasteiger partial charge in [-0.05, 0) is 74.0 Å². The Labute approximate surface area is 441 Å². The van der Waals surface area contributed by atoms with E-state index in [0.717, 1.165) is 32.5 Å². The average molecular weight is 1080 g/mol. The third-order valence-electron chi connectivity index (χ3n) is 12.3. The fourth-order valence-corrected chi connectivity index (χ4v) is 11.0. The van der Waals surface area contributed by atoms with Crippen molar-refractivity contribution in [2.75, 3.05) is 12.3 Å². The number of fused-ring (bicyclic) bond motifs is 1. The quantitative estimate of drug-likeness (QED) is 0.0649. The SMILES string of the molecule is CC(C)[C@H](NC(=O)[C@@H]1CSSC(C)(C)C(NC(=O)[C@@H](N)CC(=O)O)C(=O)N[C@@H](Cc2ccccc2)C(=O)N[C@H](Cc2c[nH]c3ccccc23)C(=O)NC(CCCN)C(=O)NC(Cc2ccc(O)cc2)C(=O)N1)C(=O)O. The molecule has 0 spiro atoms. The van der Waals surface area contributed by atoms with E-state index in [1.54, 1.807) is 70.3 Å². The Morgan fingerprint density at radius 1 is 0.733 bits per heavy atom. The first kappa shape index (κ1) is 58.7. The number of H-pyrrole nitrogens is 1. The van der Waals surface area contributed by atoms with Crippen LogP contribution in [0.4, 0.5) is 0 Å². The van der Waals surface area contributed by atoms with Crippen molar-refractivity contribution >= 4 is 85.8 Å². The van der Waals surface area contributed by atoms with E-state index in [1.807, 2.05) is 18.2 Å². The van der Waals surface area contributed by atoms with E-state index in [0.29, 0.717) is 16.7 Å². The van der Waals surface area contributed by atoms with Crippen LogP contribution in [0, 0.1) is 5.92 Å². The average Bonchev–Trinajstić information content (AvgIpc) is 3.77. The number of para-hydroxylation sites is 1. The first-order valence-corrected chi connectivity index (χ1v) is 26.6. The van der Waals surface area contributed by atoms with Crippen LogP contribution in [0.3, 0.4) is 0 Å². The molecule has 75 heavy (non-hydrogen) atoms. The summed E-state index contributed by atoms with van der Waals surface area (Å²) in [7, 11) is 1.91. The van der Waals surface area contributed by atoms with Gasteiger partial charge in [-0.3, -0.25) is 38.4 Å². The van der Waals surface area contributed by atoms with Gasteiger partial charge in [-0.25, -0.2) is 4.79 Å². The molecule has 5 rings (SSSR count). The lowest BCUT2D eigenvalue weighted by atomic mass is 9.98. The summed E-state index contributed by atoms with van der Waals surface area (Å²) in [6.45, 7) is 6.34. The number of nitrogens with one attached hydrogen (secondary N) is 8. The molecule has 1 saturated heterocycles. The van der Waals surface area contributed by atoms with Crippen LogP contribution in [0.25, 0.3) is 10.9 Å². The monoisotopic (exact) mass is 1070 g/mol. The molecule has 0 bridgehead atoms. The number of carbonyl (C=O) groups excluding carboxylic acids is 7. The fraction of sp³-hybridized carbons (Fsp3) is 0.431. The van der Waals surface area contributed by atoms with Gasteiger partial charge in [0.1, 0.15) is 48.0 Å². The molecule has 0 radical (unpaired) electrons. The molecular weight excluding hydrogens is 1010 g/mol. The van der Waals surface area contributed by atoms with Crippen LogP contribution in [-0.2, 0) is 62.4 Å². The summed E-state index contributed by atoms with van der Waals surface area (Å²) in [4.78, 5) is 128. The van der Waals surface area contributed by atoms with Gasteiger partial charge in [0.05, 0.1) is 12.5 Å². The zero-order valence-electron chi connectivity index (χ0n) is 41.9. The number of hydrogen-bond acceptors (Lipinski definition) is 14. The minimum absolute atomic E-state index is 0.0360. The van der Waals surface area contributed by atoms with Crippen molar-refractivity contribution in [3.05, 3.63) is 102 Å². The number of carboxylic acid groups (broad SMARTS) is 2. The van der Waals surface area contributed by atoms with E-state index < -0.39 is 119 Å². The highest BCUT2D eigenvalue weighted by atomic mass is 33.1. The molecule has 8 atom stereocenters. The maximum Gasteiger partial charge on any atom is 0.326 e. The molecule has 15 N–H and O–H groups in total. The van der Waals surface area contributed by atoms with Gasteiger partial charge in [-0.1, -0.05) is 96.1 Å². The Bertz CT molecular complexity index is 2670. The van der Waals surface area contributed by atoms with E-state index >= 15 is 0 Å². The van der Waals surface area contributed by atoms with Crippen LogP contribution < -0.4 is 48.7 Å². The van der Waals surface area contributed by atoms with Crippen LogP contribution >= 0.6 is 21.6 Å². The van der Waals surface area contributed by atoms with Gasteiger partial charge in [0, 0.05) is 46.9 Å². The molecular formula is C51H66N10O12S2. The number of rotatable bonds is 17. The number of carbonyl (C=O) groups is 9. The number of hydrogen-bond donors (Lipinski definition) is 13. The molecule has 22 nitrogen and oxygen atoms in total. The predicted molar refractivity (Wildman–Crippen MR) is 283 cm³/mol. The molecule has 2 heterocycles. The lowest BCUT2D eigenvalue weighted by Crippen LogP contribution is -2.63. The molecule has 1 aromatic heterocycles. The highest BCUT2D eigenvalue weighted by Gasteiger charge is 2.42. The Balaban J connectivity index is 1.66. The topological polar surface area (TPSA) is 366 Å². The normalized spacial score (nSPS) is 22.0. The molecule has 0 saturated carbocycles. The summed E-state index contributed by atoms with van der Waals surface area (Å²) in [5.41, 5.74) is 14.3. The molecule has 1 fully saturated rings. The van der Waals surface area contributed by atoms with Crippen molar-refractivity contribution in [1.29, 1.82) is 0 Å². The van der Waals surface area contributed by atoms with Gasteiger partial charge in [0.2, 0.25) is 41.4 Å². The molecule has 404 valence electrons. The summed E-state index contributed by atoms with van der Waals surface area (Å²) in [6.07, 6.45) is 0.590. The van der Waals surface area contributed by atoms with Gasteiger partial charge in [0.15, 0.2) is 0 Å². The summed E-state index contributed by atoms with van der Waals surface area (Å²) >= 11 is 0. The van der Waals surface area contributed by atoms with Gasteiger partial charge < -0.3 is 69.0 Å². The molecule has 24 heteroatoms. The van der Waals surface area contributed by atoms with E-state index in [4.69, 9.17) is 11.5 Å². The van der Waals surface area contributed by atoms with Gasteiger partial charge in [-0.2, -0.15) is 0 Å². The van der Waals surface area contributed by atoms with Crippen molar-refractivity contribution in [3.63, 3.8) is 0 Å². The molecule has 3 unspecified atom stereocenters. The number of benzene rings is 3. The zero-order chi connectivity index (χ0) is 55.0. The molecule has 1 aliphatic rings. The third-order valence-corrected chi connectivity index (χ3v) is 15.6. The number of nitrogens with two attached hydrogens (primary N) is 2. The largest absolute Gasteiger partial charge is 0.508 e. The minimum Gasteiger partial charge on any atom is -0.508 e. The molecule has 7 amide bonds. The van der Waals surface area contributed by atoms with E-state index in [-0.39, 0.29) is 50.2 Å². The highest BCUT2D eigenvalue weighted by Crippen LogP contribution is 2.39. The minimum atomic E-state index is -1.62. The number of phenols is 1. The fourth-order valence-electron chi connectivity index (χ4n) is 8.14. The lowest BCUT2D eigenvalue weighted by Gasteiger charge is -2.35. The first-order chi connectivity index (χ1) is 35.6. The number of phenolic OH excluding ortho intramolecular Hbond substituents is 1. The summed E-state index contributed by atoms with van der Waals surface area (Å²) < 4.78 is -1.42. The van der Waals surface area contributed by atoms with Crippen molar-refractivity contribution in [2.45, 2.75) is 119 Å². The van der Waals surface area contributed by atoms with Crippen LogP contribution in [0.2, 0.25) is 0 Å². The predicted octanol–water partition coefficient (Wildman–Crippen LogP) is 0.750. The highest BCUT2D eigenvalue weighted by molar-refractivity contribution is 8.77. The lowest BCUT2D eigenvalue weighted by molar-refractivity contribution is -0.143. The summed E-state index contributed by atoms with van der Waals surface area (Å²) in [5.74, 6) is -9.99. The number of amides is 7. The van der Waals surface area contributed by atoms with Crippen molar-refractivity contribution in [3.8, 4) is 5.75 Å².